The average Bonchev–Trinajstić information content (AvgIpc) is 2.79. The van der Waals surface area contributed by atoms with Crippen molar-refractivity contribution in [3.63, 3.8) is 0 Å². The first-order chi connectivity index (χ1) is 14.9. The van der Waals surface area contributed by atoms with Crippen molar-refractivity contribution < 1.29 is 22.7 Å². The monoisotopic (exact) mass is 424 g/mol. The highest BCUT2D eigenvalue weighted by Crippen LogP contribution is 2.39. The number of rotatable bonds is 4. The van der Waals surface area contributed by atoms with E-state index in [4.69, 9.17) is 4.74 Å². The Labute approximate surface area is 179 Å². The maximum absolute atomic E-state index is 14.8. The number of hydrogen-bond donors (Lipinski definition) is 0. The smallest absolute Gasteiger partial charge is 0.314 e. The molecule has 0 aromatic heterocycles. The van der Waals surface area contributed by atoms with E-state index in [0.717, 1.165) is 0 Å². The fourth-order valence-corrected chi connectivity index (χ4v) is 4.20. The Morgan fingerprint density at radius 1 is 0.871 bits per heavy atom. The van der Waals surface area contributed by atoms with Gasteiger partial charge in [-0.15, -0.1) is 0 Å². The molecule has 3 aromatic carbocycles. The van der Waals surface area contributed by atoms with Crippen molar-refractivity contribution in [3.8, 4) is 16.9 Å². The largest absolute Gasteiger partial charge is 0.426 e. The molecule has 0 saturated heterocycles. The first-order valence-electron chi connectivity index (χ1n) is 10.4. The molecule has 31 heavy (non-hydrogen) atoms. The molecule has 0 spiro atoms. The van der Waals surface area contributed by atoms with Gasteiger partial charge in [-0.3, -0.25) is 4.79 Å². The predicted octanol–water partition coefficient (Wildman–Crippen LogP) is 6.96. The van der Waals surface area contributed by atoms with Gasteiger partial charge in [-0.05, 0) is 61.3 Å². The lowest BCUT2D eigenvalue weighted by atomic mass is 9.78. The maximum atomic E-state index is 14.8. The Balaban J connectivity index is 1.42. The second kappa shape index (κ2) is 8.96. The lowest BCUT2D eigenvalue weighted by molar-refractivity contribution is -0.140. The highest BCUT2D eigenvalue weighted by molar-refractivity contribution is 5.75. The van der Waals surface area contributed by atoms with E-state index < -0.39 is 23.4 Å². The van der Waals surface area contributed by atoms with E-state index in [2.05, 4.69) is 0 Å². The number of carbonyl (C=O) groups is 1. The standard InChI is InChI=1S/C26H23F3O2/c1-16-7-12-20(15-23(16)27)31-26(30)19-10-8-18(9-11-19)22-14-13-21(24(28)25(22)29)17-5-3-2-4-6-17/h2-7,12-15,18-19H,8-11H2,1H3. The first-order valence-corrected chi connectivity index (χ1v) is 10.4. The molecule has 0 radical (unpaired) electrons. The van der Waals surface area contributed by atoms with Crippen molar-refractivity contribution in [2.75, 3.05) is 0 Å². The summed E-state index contributed by atoms with van der Waals surface area (Å²) in [5.74, 6) is -2.80. The summed E-state index contributed by atoms with van der Waals surface area (Å²) in [4.78, 5) is 12.5. The van der Waals surface area contributed by atoms with Crippen molar-refractivity contribution in [3.05, 3.63) is 89.2 Å². The molecule has 0 bridgehead atoms. The molecule has 0 atom stereocenters. The van der Waals surface area contributed by atoms with Crippen LogP contribution < -0.4 is 4.74 Å². The molecule has 1 aliphatic rings. The lowest BCUT2D eigenvalue weighted by Gasteiger charge is -2.28. The zero-order valence-corrected chi connectivity index (χ0v) is 17.2. The Bertz CT molecular complexity index is 1090. The molecule has 3 aromatic rings. The summed E-state index contributed by atoms with van der Waals surface area (Å²) in [5.41, 5.74) is 1.70. The van der Waals surface area contributed by atoms with Gasteiger partial charge in [0.05, 0.1) is 5.92 Å². The minimum absolute atomic E-state index is 0.153. The third-order valence-corrected chi connectivity index (χ3v) is 6.06. The third kappa shape index (κ3) is 4.50. The fraction of sp³-hybridized carbons (Fsp3) is 0.269. The molecule has 160 valence electrons. The molecule has 1 aliphatic carbocycles. The van der Waals surface area contributed by atoms with Crippen molar-refractivity contribution in [2.24, 2.45) is 5.92 Å². The summed E-state index contributed by atoms with van der Waals surface area (Å²) in [6.07, 6.45) is 2.14. The van der Waals surface area contributed by atoms with Crippen LogP contribution in [0.25, 0.3) is 11.1 Å². The van der Waals surface area contributed by atoms with Gasteiger partial charge in [0.15, 0.2) is 11.6 Å². The SMILES string of the molecule is Cc1ccc(OC(=O)C2CCC(c3ccc(-c4ccccc4)c(F)c3F)CC2)cc1F. The molecular formula is C26H23F3O2. The number of hydrogen-bond acceptors (Lipinski definition) is 2. The Morgan fingerprint density at radius 3 is 2.26 bits per heavy atom. The topological polar surface area (TPSA) is 26.3 Å². The van der Waals surface area contributed by atoms with E-state index in [0.29, 0.717) is 42.4 Å². The van der Waals surface area contributed by atoms with Crippen LogP contribution in [0, 0.1) is 30.3 Å². The fourth-order valence-electron chi connectivity index (χ4n) is 4.20. The quantitative estimate of drug-likeness (QED) is 0.334. The Kier molecular flexibility index (Phi) is 6.12. The molecule has 0 aliphatic heterocycles. The van der Waals surface area contributed by atoms with Crippen LogP contribution in [0.1, 0.15) is 42.7 Å². The predicted molar refractivity (Wildman–Crippen MR) is 113 cm³/mol. The third-order valence-electron chi connectivity index (χ3n) is 6.06. The van der Waals surface area contributed by atoms with Crippen LogP contribution in [0.15, 0.2) is 60.7 Å². The van der Waals surface area contributed by atoms with E-state index in [9.17, 15) is 18.0 Å². The number of ether oxygens (including phenoxy) is 1. The summed E-state index contributed by atoms with van der Waals surface area (Å²) in [5, 5.41) is 0. The molecule has 0 heterocycles. The number of esters is 1. The van der Waals surface area contributed by atoms with Gasteiger partial charge in [-0.1, -0.05) is 48.5 Å². The summed E-state index contributed by atoms with van der Waals surface area (Å²) in [6.45, 7) is 1.64. The maximum Gasteiger partial charge on any atom is 0.314 e. The number of carbonyl (C=O) groups excluding carboxylic acids is 1. The van der Waals surface area contributed by atoms with Crippen LogP contribution in [-0.2, 0) is 4.79 Å². The second-order valence-electron chi connectivity index (χ2n) is 8.08. The van der Waals surface area contributed by atoms with E-state index >= 15 is 0 Å². The summed E-state index contributed by atoms with van der Waals surface area (Å²) >= 11 is 0. The van der Waals surface area contributed by atoms with Gasteiger partial charge in [0.1, 0.15) is 11.6 Å². The highest BCUT2D eigenvalue weighted by Gasteiger charge is 2.31. The number of aryl methyl sites for hydroxylation is 1. The lowest BCUT2D eigenvalue weighted by Crippen LogP contribution is -2.25. The minimum Gasteiger partial charge on any atom is -0.426 e. The van der Waals surface area contributed by atoms with Gasteiger partial charge in [0.25, 0.3) is 0 Å². The molecule has 4 rings (SSSR count). The molecule has 0 unspecified atom stereocenters. The molecule has 0 amide bonds. The van der Waals surface area contributed by atoms with Gasteiger partial charge in [0.2, 0.25) is 0 Å². The van der Waals surface area contributed by atoms with Crippen molar-refractivity contribution in [1.82, 2.24) is 0 Å². The van der Waals surface area contributed by atoms with Gasteiger partial charge >= 0.3 is 5.97 Å². The Hall–Kier alpha value is -3.08. The molecule has 1 saturated carbocycles. The van der Waals surface area contributed by atoms with Gasteiger partial charge in [-0.25, -0.2) is 13.2 Å². The summed E-state index contributed by atoms with van der Waals surface area (Å²) < 4.78 is 48.6. The van der Waals surface area contributed by atoms with Crippen LogP contribution >= 0.6 is 0 Å². The minimum atomic E-state index is -0.841. The van der Waals surface area contributed by atoms with Gasteiger partial charge < -0.3 is 4.74 Å². The van der Waals surface area contributed by atoms with Gasteiger partial charge in [0, 0.05) is 11.6 Å². The average molecular weight is 424 g/mol. The van der Waals surface area contributed by atoms with E-state index in [1.54, 1.807) is 55.5 Å². The van der Waals surface area contributed by atoms with Crippen LogP contribution in [0.2, 0.25) is 0 Å². The van der Waals surface area contributed by atoms with Crippen LogP contribution in [0.3, 0.4) is 0 Å². The van der Waals surface area contributed by atoms with Crippen LogP contribution in [-0.4, -0.2) is 5.97 Å². The highest BCUT2D eigenvalue weighted by atomic mass is 19.2. The zero-order chi connectivity index (χ0) is 22.0. The molecule has 5 heteroatoms. The van der Waals surface area contributed by atoms with E-state index in [-0.39, 0.29) is 23.1 Å². The second-order valence-corrected chi connectivity index (χ2v) is 8.08. The van der Waals surface area contributed by atoms with E-state index in [1.165, 1.54) is 6.07 Å². The molecule has 2 nitrogen and oxygen atoms in total. The Morgan fingerprint density at radius 2 is 1.58 bits per heavy atom. The van der Waals surface area contributed by atoms with Crippen LogP contribution in [0.4, 0.5) is 13.2 Å². The summed E-state index contributed by atoms with van der Waals surface area (Å²) in [6, 6.07) is 16.5. The number of halogens is 3. The van der Waals surface area contributed by atoms with E-state index in [1.807, 2.05) is 6.07 Å². The summed E-state index contributed by atoms with van der Waals surface area (Å²) in [7, 11) is 0. The first kappa shape index (κ1) is 21.2. The normalized spacial score (nSPS) is 18.6. The van der Waals surface area contributed by atoms with Crippen LogP contribution in [0.5, 0.6) is 5.75 Å². The molecule has 1 fully saturated rings. The van der Waals surface area contributed by atoms with Crippen molar-refractivity contribution in [2.45, 2.75) is 38.5 Å². The zero-order valence-electron chi connectivity index (χ0n) is 17.2. The van der Waals surface area contributed by atoms with Crippen molar-refractivity contribution in [1.29, 1.82) is 0 Å². The van der Waals surface area contributed by atoms with Gasteiger partial charge in [-0.2, -0.15) is 0 Å². The number of benzene rings is 3. The molecular weight excluding hydrogens is 401 g/mol. The van der Waals surface area contributed by atoms with Crippen molar-refractivity contribution >= 4 is 5.97 Å². The molecule has 0 N–H and O–H groups in total.